The molecule has 116 valence electrons. The molecule has 0 fully saturated rings. The average Bonchev–Trinajstić information content (AvgIpc) is 2.89. The van der Waals surface area contributed by atoms with Crippen molar-refractivity contribution in [2.24, 2.45) is 0 Å². The Bertz CT molecular complexity index is 376. The highest BCUT2D eigenvalue weighted by Crippen LogP contribution is 2.32. The summed E-state index contributed by atoms with van der Waals surface area (Å²) in [5.74, 6) is 0.554. The summed E-state index contributed by atoms with van der Waals surface area (Å²) >= 11 is 1.88. The summed E-state index contributed by atoms with van der Waals surface area (Å²) in [5.41, 5.74) is 1.31. The Morgan fingerprint density at radius 1 is 1.25 bits per heavy atom. The lowest BCUT2D eigenvalue weighted by molar-refractivity contribution is 0.674. The van der Waals surface area contributed by atoms with Crippen molar-refractivity contribution < 1.29 is 0 Å². The molecule has 1 N–H and O–H groups in total. The van der Waals surface area contributed by atoms with Crippen LogP contribution < -0.4 is 10.2 Å². The maximum Gasteiger partial charge on any atom is 0.185 e. The first-order chi connectivity index (χ1) is 9.67. The summed E-state index contributed by atoms with van der Waals surface area (Å²) in [6, 6.07) is 0. The van der Waals surface area contributed by atoms with Crippen LogP contribution in [-0.4, -0.2) is 24.6 Å². The van der Waals surface area contributed by atoms with Gasteiger partial charge in [-0.05, 0) is 32.2 Å². The lowest BCUT2D eigenvalue weighted by atomic mass is 10.0. The van der Waals surface area contributed by atoms with E-state index in [1.165, 1.54) is 28.5 Å². The highest BCUT2D eigenvalue weighted by atomic mass is 32.1. The van der Waals surface area contributed by atoms with Gasteiger partial charge in [0.2, 0.25) is 0 Å². The Balaban J connectivity index is 2.92. The fraction of sp³-hybridized carbons (Fsp3) is 0.812. The molecule has 0 radical (unpaired) electrons. The van der Waals surface area contributed by atoms with Gasteiger partial charge in [-0.2, -0.15) is 0 Å². The Kier molecular flexibility index (Phi) is 8.15. The lowest BCUT2D eigenvalue weighted by Crippen LogP contribution is -2.23. The van der Waals surface area contributed by atoms with E-state index in [1.807, 2.05) is 11.3 Å². The number of rotatable bonds is 10. The maximum atomic E-state index is 4.96. The Hall–Kier alpha value is -0.610. The van der Waals surface area contributed by atoms with Crippen molar-refractivity contribution in [1.82, 2.24) is 10.3 Å². The van der Waals surface area contributed by atoms with Crippen LogP contribution in [0.2, 0.25) is 0 Å². The van der Waals surface area contributed by atoms with Crippen molar-refractivity contribution in [3.63, 3.8) is 0 Å². The van der Waals surface area contributed by atoms with Crippen molar-refractivity contribution in [3.05, 3.63) is 10.6 Å². The van der Waals surface area contributed by atoms with E-state index in [0.29, 0.717) is 5.92 Å². The van der Waals surface area contributed by atoms with Crippen LogP contribution in [0.4, 0.5) is 5.13 Å². The predicted octanol–water partition coefficient (Wildman–Crippen LogP) is 4.39. The molecular weight excluding hydrogens is 266 g/mol. The van der Waals surface area contributed by atoms with Gasteiger partial charge in [-0.15, -0.1) is 11.3 Å². The Labute approximate surface area is 128 Å². The van der Waals surface area contributed by atoms with Gasteiger partial charge in [-0.25, -0.2) is 4.98 Å². The molecule has 0 aliphatic heterocycles. The Morgan fingerprint density at radius 3 is 2.55 bits per heavy atom. The van der Waals surface area contributed by atoms with Gasteiger partial charge in [0.1, 0.15) is 0 Å². The number of unbranched alkanes of at least 4 members (excludes halogenated alkanes) is 1. The fourth-order valence-electron chi connectivity index (χ4n) is 2.17. The molecule has 1 unspecified atom stereocenters. The second kappa shape index (κ2) is 9.35. The van der Waals surface area contributed by atoms with Crippen LogP contribution >= 0.6 is 11.3 Å². The first-order valence-corrected chi connectivity index (χ1v) is 8.94. The van der Waals surface area contributed by atoms with Crippen LogP contribution in [0.1, 0.15) is 70.4 Å². The molecule has 1 aromatic rings. The van der Waals surface area contributed by atoms with Gasteiger partial charge < -0.3 is 10.2 Å². The zero-order valence-electron chi connectivity index (χ0n) is 13.8. The van der Waals surface area contributed by atoms with Crippen molar-refractivity contribution in [2.45, 2.75) is 66.3 Å². The first-order valence-electron chi connectivity index (χ1n) is 8.12. The van der Waals surface area contributed by atoms with Crippen LogP contribution in [0.15, 0.2) is 0 Å². The largest absolute Gasteiger partial charge is 0.348 e. The van der Waals surface area contributed by atoms with Gasteiger partial charge in [-0.1, -0.05) is 34.1 Å². The fourth-order valence-corrected chi connectivity index (χ4v) is 3.41. The second-order valence-corrected chi connectivity index (χ2v) is 6.39. The second-order valence-electron chi connectivity index (χ2n) is 5.33. The van der Waals surface area contributed by atoms with E-state index < -0.39 is 0 Å². The van der Waals surface area contributed by atoms with Crippen molar-refractivity contribution >= 4 is 16.5 Å². The molecule has 0 aliphatic rings. The van der Waals surface area contributed by atoms with Crippen LogP contribution in [-0.2, 0) is 6.54 Å². The minimum absolute atomic E-state index is 0.554. The molecule has 0 aromatic carbocycles. The highest BCUT2D eigenvalue weighted by Gasteiger charge is 2.18. The van der Waals surface area contributed by atoms with E-state index in [0.717, 1.165) is 32.6 Å². The van der Waals surface area contributed by atoms with Gasteiger partial charge in [0.15, 0.2) is 5.13 Å². The van der Waals surface area contributed by atoms with E-state index in [9.17, 15) is 0 Å². The molecule has 20 heavy (non-hydrogen) atoms. The molecule has 0 saturated heterocycles. The van der Waals surface area contributed by atoms with Crippen LogP contribution in [0.25, 0.3) is 0 Å². The molecule has 4 heteroatoms. The number of nitrogens with one attached hydrogen (secondary N) is 1. The van der Waals surface area contributed by atoms with E-state index in [1.54, 1.807) is 0 Å². The predicted molar refractivity (Wildman–Crippen MR) is 91.0 cm³/mol. The normalized spacial score (nSPS) is 12.7. The third kappa shape index (κ3) is 4.74. The SMILES string of the molecule is CCCCN(CC)c1nc(C(C)CC)c(CNCC)s1. The van der Waals surface area contributed by atoms with Gasteiger partial charge in [-0.3, -0.25) is 0 Å². The monoisotopic (exact) mass is 297 g/mol. The summed E-state index contributed by atoms with van der Waals surface area (Å²) in [4.78, 5) is 8.81. The van der Waals surface area contributed by atoms with Crippen LogP contribution in [0, 0.1) is 0 Å². The summed E-state index contributed by atoms with van der Waals surface area (Å²) in [7, 11) is 0. The van der Waals surface area contributed by atoms with Crippen LogP contribution in [0.5, 0.6) is 0 Å². The minimum atomic E-state index is 0.554. The zero-order chi connectivity index (χ0) is 15.0. The molecular formula is C16H31N3S. The summed E-state index contributed by atoms with van der Waals surface area (Å²) < 4.78 is 0. The molecule has 1 rings (SSSR count). The maximum absolute atomic E-state index is 4.96. The van der Waals surface area contributed by atoms with Gasteiger partial charge in [0.25, 0.3) is 0 Å². The lowest BCUT2D eigenvalue weighted by Gasteiger charge is -2.19. The van der Waals surface area contributed by atoms with E-state index in [-0.39, 0.29) is 0 Å². The van der Waals surface area contributed by atoms with Crippen LogP contribution in [0.3, 0.4) is 0 Å². The third-order valence-electron chi connectivity index (χ3n) is 3.76. The zero-order valence-corrected chi connectivity index (χ0v) is 14.6. The number of anilines is 1. The topological polar surface area (TPSA) is 28.2 Å². The third-order valence-corrected chi connectivity index (χ3v) is 4.90. The molecule has 1 atom stereocenters. The summed E-state index contributed by atoms with van der Waals surface area (Å²) in [5, 5.41) is 4.66. The number of aromatic nitrogens is 1. The molecule has 1 aromatic heterocycles. The van der Waals surface area contributed by atoms with Gasteiger partial charge in [0, 0.05) is 24.5 Å². The number of hydrogen-bond acceptors (Lipinski definition) is 4. The molecule has 3 nitrogen and oxygen atoms in total. The van der Waals surface area contributed by atoms with Crippen molar-refractivity contribution in [3.8, 4) is 0 Å². The average molecular weight is 298 g/mol. The molecule has 0 amide bonds. The van der Waals surface area contributed by atoms with Crippen molar-refractivity contribution in [1.29, 1.82) is 0 Å². The van der Waals surface area contributed by atoms with Crippen molar-refractivity contribution in [2.75, 3.05) is 24.5 Å². The first kappa shape index (κ1) is 17.4. The standard InChI is InChI=1S/C16H31N3S/c1-6-10-11-19(9-4)16-18-15(13(5)7-2)14(20-16)12-17-8-3/h13,17H,6-12H2,1-5H3. The quantitative estimate of drug-likeness (QED) is 0.694. The molecule has 1 heterocycles. The number of thiazole rings is 1. The van der Waals surface area contributed by atoms with Gasteiger partial charge in [0.05, 0.1) is 5.69 Å². The number of hydrogen-bond donors (Lipinski definition) is 1. The molecule has 0 saturated carbocycles. The highest BCUT2D eigenvalue weighted by molar-refractivity contribution is 7.15. The minimum Gasteiger partial charge on any atom is -0.348 e. The smallest absolute Gasteiger partial charge is 0.185 e. The van der Waals surface area contributed by atoms with E-state index >= 15 is 0 Å². The summed E-state index contributed by atoms with van der Waals surface area (Å²) in [6.07, 6.45) is 3.64. The van der Waals surface area contributed by atoms with Gasteiger partial charge >= 0.3 is 0 Å². The summed E-state index contributed by atoms with van der Waals surface area (Å²) in [6.45, 7) is 15.3. The van der Waals surface area contributed by atoms with E-state index in [4.69, 9.17) is 4.98 Å². The molecule has 0 spiro atoms. The molecule has 0 bridgehead atoms. The molecule has 0 aliphatic carbocycles. The van der Waals surface area contributed by atoms with E-state index in [2.05, 4.69) is 44.8 Å². The number of nitrogens with zero attached hydrogens (tertiary/aromatic N) is 2. The Morgan fingerprint density at radius 2 is 2.00 bits per heavy atom.